The quantitative estimate of drug-likeness (QED) is 0.211. The van der Waals surface area contributed by atoms with Crippen molar-refractivity contribution in [1.29, 1.82) is 0 Å². The molecule has 2 heterocycles. The van der Waals surface area contributed by atoms with Crippen LogP contribution in [-0.2, 0) is 26.0 Å². The number of methoxy groups -OCH3 is 1. The Morgan fingerprint density at radius 1 is 0.979 bits per heavy atom. The highest BCUT2D eigenvalue weighted by Crippen LogP contribution is 2.31. The molecule has 1 fully saturated rings. The van der Waals surface area contributed by atoms with Gasteiger partial charge in [-0.3, -0.25) is 9.78 Å². The molecule has 5 rings (SSSR count). The van der Waals surface area contributed by atoms with E-state index >= 15 is 4.39 Å². The van der Waals surface area contributed by atoms with Gasteiger partial charge >= 0.3 is 6.09 Å². The highest BCUT2D eigenvalue weighted by atomic mass is 32.2. The van der Waals surface area contributed by atoms with E-state index in [2.05, 4.69) is 20.9 Å². The zero-order valence-electron chi connectivity index (χ0n) is 25.9. The summed E-state index contributed by atoms with van der Waals surface area (Å²) in [5.41, 5.74) is 0.541. The molecule has 1 aromatic heterocycles. The topological polar surface area (TPSA) is 130 Å². The second-order valence-electron chi connectivity index (χ2n) is 11.2. The minimum absolute atomic E-state index is 0.0173. The van der Waals surface area contributed by atoms with Gasteiger partial charge in [0, 0.05) is 37.2 Å². The Morgan fingerprint density at radius 3 is 2.27 bits per heavy atom. The van der Waals surface area contributed by atoms with Crippen molar-refractivity contribution < 1.29 is 35.9 Å². The highest BCUT2D eigenvalue weighted by molar-refractivity contribution is 7.89. The first-order valence-corrected chi connectivity index (χ1v) is 16.6. The van der Waals surface area contributed by atoms with Gasteiger partial charge in [-0.05, 0) is 60.4 Å². The number of hydrogen-bond donors (Lipinski definition) is 3. The van der Waals surface area contributed by atoms with Crippen LogP contribution in [0.2, 0.25) is 0 Å². The molecule has 1 aliphatic rings. The van der Waals surface area contributed by atoms with Gasteiger partial charge in [0.05, 0.1) is 30.1 Å². The lowest BCUT2D eigenvalue weighted by atomic mass is 9.84. The molecule has 0 bridgehead atoms. The van der Waals surface area contributed by atoms with Crippen LogP contribution in [0.25, 0.3) is 0 Å². The van der Waals surface area contributed by atoms with Gasteiger partial charge in [-0.25, -0.2) is 26.4 Å². The zero-order valence-corrected chi connectivity index (χ0v) is 26.7. The van der Waals surface area contributed by atoms with Crippen LogP contribution in [0.4, 0.5) is 23.7 Å². The Hall–Kier alpha value is -4.79. The molecule has 1 saturated heterocycles. The first kappa shape index (κ1) is 34.5. The predicted molar refractivity (Wildman–Crippen MR) is 172 cm³/mol. The number of amides is 2. The number of pyridine rings is 1. The Labute approximate surface area is 276 Å². The minimum Gasteiger partial charge on any atom is -0.453 e. The van der Waals surface area contributed by atoms with Crippen molar-refractivity contribution in [2.24, 2.45) is 0 Å². The molecular weight excluding hydrogens is 647 g/mol. The monoisotopic (exact) mass is 681 g/mol. The molecule has 3 aromatic carbocycles. The van der Waals surface area contributed by atoms with Crippen LogP contribution in [0.1, 0.15) is 29.0 Å². The van der Waals surface area contributed by atoms with Crippen LogP contribution >= 0.6 is 0 Å². The smallest absolute Gasteiger partial charge is 0.407 e. The number of anilines is 1. The minimum atomic E-state index is -3.84. The van der Waals surface area contributed by atoms with E-state index in [1.165, 1.54) is 59.0 Å². The molecule has 0 spiro atoms. The van der Waals surface area contributed by atoms with Crippen molar-refractivity contribution in [3.63, 3.8) is 0 Å². The first-order valence-electron chi connectivity index (χ1n) is 15.1. The first-order chi connectivity index (χ1) is 23.1. The number of nitrogens with zero attached hydrogens (tertiary/aromatic N) is 2. The number of sulfonamides is 1. The zero-order chi connectivity index (χ0) is 34.3. The SMILES string of the molecule is COC(=O)NC(C(=O)Nc1cncc(F)c1CCC1CNCCN1S(=O)(=O)c1ccccc1)C(c1cccc(F)c1)c1cccc(F)c1. The number of benzene rings is 3. The molecule has 1 aliphatic heterocycles. The number of aromatic nitrogens is 1. The lowest BCUT2D eigenvalue weighted by molar-refractivity contribution is -0.118. The van der Waals surface area contributed by atoms with Gasteiger partial charge in [-0.1, -0.05) is 42.5 Å². The van der Waals surface area contributed by atoms with Crippen molar-refractivity contribution in [2.75, 3.05) is 32.1 Å². The summed E-state index contributed by atoms with van der Waals surface area (Å²) < 4.78 is 77.3. The van der Waals surface area contributed by atoms with Gasteiger partial charge in [0.1, 0.15) is 23.5 Å². The molecule has 0 aliphatic carbocycles. The van der Waals surface area contributed by atoms with E-state index in [-0.39, 0.29) is 46.7 Å². The second kappa shape index (κ2) is 15.4. The number of alkyl carbamates (subject to hydrolysis) is 1. The summed E-state index contributed by atoms with van der Waals surface area (Å²) in [7, 11) is -2.74. The van der Waals surface area contributed by atoms with Gasteiger partial charge in [0.25, 0.3) is 0 Å². The average Bonchev–Trinajstić information content (AvgIpc) is 3.08. The Morgan fingerprint density at radius 2 is 1.65 bits per heavy atom. The average molecular weight is 682 g/mol. The molecule has 252 valence electrons. The maximum atomic E-state index is 15.4. The van der Waals surface area contributed by atoms with Gasteiger partial charge in [0.2, 0.25) is 15.9 Å². The van der Waals surface area contributed by atoms with Crippen molar-refractivity contribution in [2.45, 2.75) is 35.7 Å². The summed E-state index contributed by atoms with van der Waals surface area (Å²) >= 11 is 0. The molecule has 10 nitrogen and oxygen atoms in total. The van der Waals surface area contributed by atoms with E-state index in [1.807, 2.05) is 0 Å². The van der Waals surface area contributed by atoms with Crippen LogP contribution in [0, 0.1) is 17.5 Å². The molecule has 0 saturated carbocycles. The summed E-state index contributed by atoms with van der Waals surface area (Å²) in [5, 5.41) is 8.29. The summed E-state index contributed by atoms with van der Waals surface area (Å²) in [4.78, 5) is 30.6. The molecule has 2 atom stereocenters. The Bertz CT molecular complexity index is 1820. The second-order valence-corrected chi connectivity index (χ2v) is 13.1. The summed E-state index contributed by atoms with van der Waals surface area (Å²) in [6.07, 6.45) is 1.44. The third kappa shape index (κ3) is 8.01. The molecule has 0 radical (unpaired) electrons. The lowest BCUT2D eigenvalue weighted by Gasteiger charge is -2.35. The van der Waals surface area contributed by atoms with E-state index in [0.717, 1.165) is 25.4 Å². The molecule has 14 heteroatoms. The number of piperazine rings is 1. The predicted octanol–water partition coefficient (Wildman–Crippen LogP) is 4.59. The fourth-order valence-corrected chi connectivity index (χ4v) is 7.52. The summed E-state index contributed by atoms with van der Waals surface area (Å²) in [5.74, 6) is -3.93. The number of carbonyl (C=O) groups is 2. The number of ether oxygens (including phenoxy) is 1. The Balaban J connectivity index is 1.44. The highest BCUT2D eigenvalue weighted by Gasteiger charge is 2.36. The van der Waals surface area contributed by atoms with Crippen molar-refractivity contribution in [1.82, 2.24) is 19.9 Å². The van der Waals surface area contributed by atoms with Crippen molar-refractivity contribution in [3.8, 4) is 0 Å². The maximum absolute atomic E-state index is 15.4. The molecule has 2 unspecified atom stereocenters. The van der Waals surface area contributed by atoms with E-state index in [1.54, 1.807) is 18.2 Å². The molecule has 4 aromatic rings. The number of halogens is 3. The fraction of sp³-hybridized carbons (Fsp3) is 0.265. The van der Waals surface area contributed by atoms with Gasteiger partial charge in [-0.2, -0.15) is 4.31 Å². The number of rotatable bonds is 11. The van der Waals surface area contributed by atoms with Crippen LogP contribution in [0.5, 0.6) is 0 Å². The number of carbonyl (C=O) groups excluding carboxylic acids is 2. The molecule has 2 amide bonds. The lowest BCUT2D eigenvalue weighted by Crippen LogP contribution is -2.53. The van der Waals surface area contributed by atoms with E-state index in [4.69, 9.17) is 4.74 Å². The standard InChI is InChI=1S/C34H34F3N5O5S/c1-47-34(44)41-32(31(22-7-5-9-24(35)17-22)23-8-6-10-25(36)18-23)33(43)40-30-21-39-20-29(37)28(30)14-13-26-19-38-15-16-42(26)48(45,46)27-11-3-2-4-12-27/h2-12,17-18,20-21,26,31-32,38H,13-16,19H2,1H3,(H,40,43)(H,41,44). The van der Waals surface area contributed by atoms with Gasteiger partial charge < -0.3 is 20.7 Å². The van der Waals surface area contributed by atoms with Crippen molar-refractivity contribution >= 4 is 27.7 Å². The summed E-state index contributed by atoms with van der Waals surface area (Å²) in [6.45, 7) is 0.987. The third-order valence-corrected chi connectivity index (χ3v) is 10.1. The fourth-order valence-electron chi connectivity index (χ4n) is 5.84. The molecule has 3 N–H and O–H groups in total. The van der Waals surface area contributed by atoms with Crippen LogP contribution < -0.4 is 16.0 Å². The normalized spacial score (nSPS) is 15.9. The van der Waals surface area contributed by atoms with Crippen molar-refractivity contribution in [3.05, 3.63) is 125 Å². The Kier molecular flexibility index (Phi) is 11.1. The number of hydrogen-bond acceptors (Lipinski definition) is 7. The van der Waals surface area contributed by atoms with Gasteiger partial charge in [0.15, 0.2) is 0 Å². The van der Waals surface area contributed by atoms with E-state index in [0.29, 0.717) is 13.1 Å². The third-order valence-electron chi connectivity index (χ3n) is 8.13. The van der Waals surface area contributed by atoms with E-state index < -0.39 is 57.5 Å². The van der Waals surface area contributed by atoms with Gasteiger partial charge in [-0.15, -0.1) is 0 Å². The number of nitrogens with one attached hydrogen (secondary N) is 3. The van der Waals surface area contributed by atoms with Crippen LogP contribution in [0.3, 0.4) is 0 Å². The molecular formula is C34H34F3N5O5S. The van der Waals surface area contributed by atoms with E-state index in [9.17, 15) is 26.8 Å². The van der Waals surface area contributed by atoms with Crippen LogP contribution in [-0.4, -0.2) is 68.5 Å². The molecule has 48 heavy (non-hydrogen) atoms. The largest absolute Gasteiger partial charge is 0.453 e. The maximum Gasteiger partial charge on any atom is 0.407 e. The summed E-state index contributed by atoms with van der Waals surface area (Å²) in [6, 6.07) is 16.6. The van der Waals surface area contributed by atoms with Crippen LogP contribution in [0.15, 0.2) is 96.2 Å².